The number of imidazole rings is 1. The van der Waals surface area contributed by atoms with Crippen LogP contribution in [-0.2, 0) is 23.0 Å². The van der Waals surface area contributed by atoms with E-state index in [1.165, 1.54) is 0 Å². The van der Waals surface area contributed by atoms with Crippen LogP contribution in [0.15, 0.2) is 46.2 Å². The second-order valence-electron chi connectivity index (χ2n) is 9.88. The number of hydrogen-bond donors (Lipinski definition) is 1. The smallest absolute Gasteiger partial charge is 0.349 e. The first-order valence-electron chi connectivity index (χ1n) is 12.6. The predicted octanol–water partition coefficient (Wildman–Crippen LogP) is 7.27. The van der Waals surface area contributed by atoms with E-state index in [9.17, 15) is 9.90 Å². The molecule has 1 fully saturated rings. The van der Waals surface area contributed by atoms with Gasteiger partial charge >= 0.3 is 5.97 Å². The molecular weight excluding hydrogens is 547 g/mol. The number of ether oxygens (including phenoxy) is 3. The summed E-state index contributed by atoms with van der Waals surface area (Å²) in [5.41, 5.74) is 1.69. The third-order valence-electron chi connectivity index (χ3n) is 7.68. The Morgan fingerprint density at radius 3 is 2.58 bits per heavy atom. The molecule has 1 saturated carbocycles. The lowest BCUT2D eigenvalue weighted by Crippen LogP contribution is -2.45. The number of thioether (sulfide) groups is 1. The van der Waals surface area contributed by atoms with Gasteiger partial charge in [0.2, 0.25) is 0 Å². The lowest BCUT2D eigenvalue weighted by molar-refractivity contribution is -0.166. The van der Waals surface area contributed by atoms with Crippen molar-refractivity contribution in [1.29, 1.82) is 0 Å². The maximum absolute atomic E-state index is 13.5. The van der Waals surface area contributed by atoms with Gasteiger partial charge in [-0.2, -0.15) is 0 Å². The molecule has 1 aliphatic carbocycles. The number of benzene rings is 2. The first-order valence-corrected chi connectivity index (χ1v) is 14.2. The molecule has 2 heterocycles. The molecule has 0 bridgehead atoms. The second-order valence-corrected chi connectivity index (χ2v) is 11.7. The minimum Gasteiger partial charge on any atom is -0.511 e. The van der Waals surface area contributed by atoms with Crippen LogP contribution in [0.3, 0.4) is 0 Å². The van der Waals surface area contributed by atoms with E-state index in [4.69, 9.17) is 37.4 Å². The Morgan fingerprint density at radius 1 is 1.16 bits per heavy atom. The zero-order valence-electron chi connectivity index (χ0n) is 21.6. The van der Waals surface area contributed by atoms with Crippen molar-refractivity contribution < 1.29 is 24.1 Å². The molecule has 0 spiro atoms. The van der Waals surface area contributed by atoms with Crippen LogP contribution in [0.1, 0.15) is 44.1 Å². The van der Waals surface area contributed by atoms with E-state index < -0.39 is 11.6 Å². The zero-order chi connectivity index (χ0) is 27.0. The Morgan fingerprint density at radius 2 is 1.89 bits per heavy atom. The molecule has 2 aliphatic rings. The van der Waals surface area contributed by atoms with Gasteiger partial charge in [0.05, 0.1) is 30.3 Å². The second kappa shape index (κ2) is 10.9. The molecule has 1 unspecified atom stereocenters. The molecule has 38 heavy (non-hydrogen) atoms. The van der Waals surface area contributed by atoms with Gasteiger partial charge < -0.3 is 23.9 Å². The number of rotatable bonds is 8. The minimum absolute atomic E-state index is 0.0444. The van der Waals surface area contributed by atoms with Gasteiger partial charge in [0.25, 0.3) is 0 Å². The number of carbonyl (C=O) groups is 1. The summed E-state index contributed by atoms with van der Waals surface area (Å²) < 4.78 is 19.1. The summed E-state index contributed by atoms with van der Waals surface area (Å²) in [4.78, 5) is 18.2. The molecule has 0 radical (unpaired) electrons. The van der Waals surface area contributed by atoms with Crippen molar-refractivity contribution in [3.05, 3.63) is 56.6 Å². The molecule has 202 valence electrons. The number of aliphatic hydroxyl groups is 1. The lowest BCUT2D eigenvalue weighted by Gasteiger charge is -2.41. The SMILES string of the molecule is COc1cc(OC)c(CCC2(C3CCCC3)CC(O)=C(Sc3nc4cc(Cl)ccc4n3C)C(=O)O2)cc1Cl. The third-order valence-corrected chi connectivity index (χ3v) is 9.36. The van der Waals surface area contributed by atoms with Crippen molar-refractivity contribution >= 4 is 52.0 Å². The molecule has 3 aromatic rings. The van der Waals surface area contributed by atoms with Crippen LogP contribution in [0.5, 0.6) is 11.5 Å². The van der Waals surface area contributed by atoms with Gasteiger partial charge in [-0.05, 0) is 73.2 Å². The summed E-state index contributed by atoms with van der Waals surface area (Å²) in [7, 11) is 5.03. The number of aryl methyl sites for hydroxylation is 2. The largest absolute Gasteiger partial charge is 0.511 e. The molecule has 7 nitrogen and oxygen atoms in total. The first kappa shape index (κ1) is 27.0. The van der Waals surface area contributed by atoms with E-state index in [0.29, 0.717) is 39.5 Å². The van der Waals surface area contributed by atoms with Crippen molar-refractivity contribution in [2.45, 2.75) is 55.7 Å². The number of cyclic esters (lactones) is 1. The topological polar surface area (TPSA) is 82.8 Å². The molecule has 0 amide bonds. The maximum atomic E-state index is 13.5. The van der Waals surface area contributed by atoms with Crippen molar-refractivity contribution in [1.82, 2.24) is 9.55 Å². The van der Waals surface area contributed by atoms with Crippen molar-refractivity contribution in [2.24, 2.45) is 13.0 Å². The molecule has 1 aromatic heterocycles. The molecule has 5 rings (SSSR count). The Kier molecular flexibility index (Phi) is 7.76. The fraction of sp³-hybridized carbons (Fsp3) is 0.429. The van der Waals surface area contributed by atoms with E-state index in [1.54, 1.807) is 32.4 Å². The third kappa shape index (κ3) is 5.06. The average molecular weight is 578 g/mol. The van der Waals surface area contributed by atoms with E-state index in [-0.39, 0.29) is 23.0 Å². The number of aromatic nitrogens is 2. The van der Waals surface area contributed by atoms with Gasteiger partial charge in [0.1, 0.15) is 27.8 Å². The summed E-state index contributed by atoms with van der Waals surface area (Å²) >= 11 is 13.7. The van der Waals surface area contributed by atoms with Crippen LogP contribution in [0, 0.1) is 5.92 Å². The van der Waals surface area contributed by atoms with Gasteiger partial charge in [0.15, 0.2) is 5.16 Å². The van der Waals surface area contributed by atoms with E-state index >= 15 is 0 Å². The Labute approximate surface area is 236 Å². The van der Waals surface area contributed by atoms with Gasteiger partial charge in [-0.25, -0.2) is 9.78 Å². The number of carbonyl (C=O) groups excluding carboxylic acids is 1. The van der Waals surface area contributed by atoms with E-state index in [1.807, 2.05) is 23.7 Å². The van der Waals surface area contributed by atoms with Crippen LogP contribution in [-0.4, -0.2) is 40.4 Å². The number of halogens is 2. The fourth-order valence-electron chi connectivity index (χ4n) is 5.67. The molecule has 1 atom stereocenters. The van der Waals surface area contributed by atoms with Gasteiger partial charge in [-0.15, -0.1) is 0 Å². The highest BCUT2D eigenvalue weighted by molar-refractivity contribution is 8.03. The van der Waals surface area contributed by atoms with Crippen molar-refractivity contribution in [3.63, 3.8) is 0 Å². The van der Waals surface area contributed by atoms with Crippen molar-refractivity contribution in [2.75, 3.05) is 14.2 Å². The molecule has 1 N–H and O–H groups in total. The normalized spacial score (nSPS) is 20.3. The van der Waals surface area contributed by atoms with Crippen molar-refractivity contribution in [3.8, 4) is 11.5 Å². The summed E-state index contributed by atoms with van der Waals surface area (Å²) in [6, 6.07) is 9.06. The van der Waals surface area contributed by atoms with Crippen LogP contribution in [0.4, 0.5) is 0 Å². The number of methoxy groups -OCH3 is 2. The Bertz CT molecular complexity index is 1420. The Balaban J connectivity index is 1.43. The van der Waals surface area contributed by atoms with E-state index in [2.05, 4.69) is 4.98 Å². The van der Waals surface area contributed by atoms with Crippen LogP contribution in [0.2, 0.25) is 10.0 Å². The monoisotopic (exact) mass is 576 g/mol. The van der Waals surface area contributed by atoms with Crippen LogP contribution in [0.25, 0.3) is 11.0 Å². The van der Waals surface area contributed by atoms with Gasteiger partial charge in [0, 0.05) is 24.6 Å². The summed E-state index contributed by atoms with van der Waals surface area (Å²) in [6.07, 6.45) is 5.43. The number of fused-ring (bicyclic) bond motifs is 1. The average Bonchev–Trinajstić information content (AvgIpc) is 3.54. The van der Waals surface area contributed by atoms with Crippen LogP contribution < -0.4 is 9.47 Å². The summed E-state index contributed by atoms with van der Waals surface area (Å²) in [5.74, 6) is 0.887. The first-order chi connectivity index (χ1) is 18.2. The molecular formula is C28H30Cl2N2O5S. The molecule has 0 saturated heterocycles. The van der Waals surface area contributed by atoms with Gasteiger partial charge in [-0.3, -0.25) is 0 Å². The highest BCUT2D eigenvalue weighted by atomic mass is 35.5. The number of hydrogen-bond acceptors (Lipinski definition) is 7. The summed E-state index contributed by atoms with van der Waals surface area (Å²) in [5, 5.41) is 12.9. The highest BCUT2D eigenvalue weighted by Gasteiger charge is 2.48. The molecule has 10 heteroatoms. The molecule has 1 aliphatic heterocycles. The minimum atomic E-state index is -0.807. The number of esters is 1. The van der Waals surface area contributed by atoms with Crippen LogP contribution >= 0.6 is 35.0 Å². The highest BCUT2D eigenvalue weighted by Crippen LogP contribution is 2.48. The quantitative estimate of drug-likeness (QED) is 0.282. The number of aliphatic hydroxyl groups excluding tert-OH is 1. The summed E-state index contributed by atoms with van der Waals surface area (Å²) in [6.45, 7) is 0. The maximum Gasteiger partial charge on any atom is 0.349 e. The standard InChI is InChI=1S/C28H30Cl2N2O5S/c1-32-21-9-8-18(29)13-20(21)31-27(32)38-25-22(33)15-28(37-26(25)34,17-6-4-5-7-17)11-10-16-12-19(30)24(36-3)14-23(16)35-2/h8-9,12-14,17,33H,4-7,10-11,15H2,1-3H3. The Hall–Kier alpha value is -2.55. The lowest BCUT2D eigenvalue weighted by atomic mass is 9.77. The zero-order valence-corrected chi connectivity index (χ0v) is 23.9. The van der Waals surface area contributed by atoms with Gasteiger partial charge in [-0.1, -0.05) is 36.0 Å². The van der Waals surface area contributed by atoms with E-state index in [0.717, 1.165) is 54.0 Å². The predicted molar refractivity (Wildman–Crippen MR) is 150 cm³/mol. The molecule has 2 aromatic carbocycles. The number of nitrogens with zero attached hydrogens (tertiary/aromatic N) is 2. The fourth-order valence-corrected chi connectivity index (χ4v) is 6.98.